The Bertz CT molecular complexity index is 558. The van der Waals surface area contributed by atoms with E-state index in [-0.39, 0.29) is 22.6 Å². The summed E-state index contributed by atoms with van der Waals surface area (Å²) in [5.41, 5.74) is 0.517. The number of sulfonamides is 1. The fraction of sp³-hybridized carbons (Fsp3) is 0.571. The molecule has 0 radical (unpaired) electrons. The van der Waals surface area contributed by atoms with Gasteiger partial charge in [-0.2, -0.15) is 4.31 Å². The van der Waals surface area contributed by atoms with Crippen molar-refractivity contribution in [3.63, 3.8) is 0 Å². The Balaban J connectivity index is 3.07. The average molecular weight is 320 g/mol. The van der Waals surface area contributed by atoms with Gasteiger partial charge in [0.05, 0.1) is 11.5 Å². The first-order valence-electron chi connectivity index (χ1n) is 6.57. The van der Waals surface area contributed by atoms with Crippen LogP contribution in [0.15, 0.2) is 23.1 Å². The predicted molar refractivity (Wildman–Crippen MR) is 81.2 cm³/mol. The van der Waals surface area contributed by atoms with Gasteiger partial charge in [-0.3, -0.25) is 0 Å². The van der Waals surface area contributed by atoms with Crippen molar-refractivity contribution in [3.05, 3.63) is 28.8 Å². The van der Waals surface area contributed by atoms with Crippen LogP contribution in [0.4, 0.5) is 0 Å². The van der Waals surface area contributed by atoms with E-state index in [4.69, 9.17) is 16.7 Å². The zero-order valence-electron chi connectivity index (χ0n) is 12.3. The number of rotatable bonds is 6. The van der Waals surface area contributed by atoms with Crippen LogP contribution < -0.4 is 0 Å². The van der Waals surface area contributed by atoms with Gasteiger partial charge in [0.15, 0.2) is 0 Å². The SMILES string of the molecule is CC(C)CC(C)N(C)S(=O)(=O)c1ccc(CO)c(Cl)c1. The topological polar surface area (TPSA) is 57.6 Å². The number of nitrogens with zero attached hydrogens (tertiary/aromatic N) is 1. The van der Waals surface area contributed by atoms with Crippen molar-refractivity contribution in [2.45, 2.75) is 44.7 Å². The van der Waals surface area contributed by atoms with Crippen molar-refractivity contribution >= 4 is 21.6 Å². The number of benzene rings is 1. The van der Waals surface area contributed by atoms with Gasteiger partial charge in [0.2, 0.25) is 10.0 Å². The lowest BCUT2D eigenvalue weighted by molar-refractivity contribution is 0.282. The molecule has 0 spiro atoms. The Labute approximate surface area is 126 Å². The molecule has 1 rings (SSSR count). The highest BCUT2D eigenvalue weighted by molar-refractivity contribution is 7.89. The number of aliphatic hydroxyl groups is 1. The highest BCUT2D eigenvalue weighted by atomic mass is 35.5. The van der Waals surface area contributed by atoms with Crippen molar-refractivity contribution in [3.8, 4) is 0 Å². The molecule has 4 nitrogen and oxygen atoms in total. The molecule has 0 saturated carbocycles. The molecule has 1 N–H and O–H groups in total. The number of halogens is 1. The zero-order chi connectivity index (χ0) is 15.5. The van der Waals surface area contributed by atoms with E-state index in [1.165, 1.54) is 22.5 Å². The summed E-state index contributed by atoms with van der Waals surface area (Å²) in [7, 11) is -1.98. The van der Waals surface area contributed by atoms with E-state index in [0.717, 1.165) is 6.42 Å². The number of aliphatic hydroxyl groups excluding tert-OH is 1. The molecule has 20 heavy (non-hydrogen) atoms. The van der Waals surface area contributed by atoms with E-state index in [0.29, 0.717) is 11.5 Å². The van der Waals surface area contributed by atoms with Gasteiger partial charge in [0, 0.05) is 18.1 Å². The third kappa shape index (κ3) is 3.95. The van der Waals surface area contributed by atoms with Crippen LogP contribution in [0, 0.1) is 5.92 Å². The van der Waals surface area contributed by atoms with E-state index < -0.39 is 10.0 Å². The Morgan fingerprint density at radius 3 is 2.35 bits per heavy atom. The lowest BCUT2D eigenvalue weighted by Gasteiger charge is -2.25. The van der Waals surface area contributed by atoms with Gasteiger partial charge >= 0.3 is 0 Å². The molecule has 114 valence electrons. The molecule has 1 aromatic carbocycles. The summed E-state index contributed by atoms with van der Waals surface area (Å²) in [5.74, 6) is 0.419. The molecule has 0 saturated heterocycles. The second-order valence-corrected chi connectivity index (χ2v) is 7.82. The van der Waals surface area contributed by atoms with E-state index >= 15 is 0 Å². The Morgan fingerprint density at radius 1 is 1.30 bits per heavy atom. The van der Waals surface area contributed by atoms with Crippen molar-refractivity contribution in [1.29, 1.82) is 0 Å². The maximum Gasteiger partial charge on any atom is 0.243 e. The zero-order valence-corrected chi connectivity index (χ0v) is 13.9. The van der Waals surface area contributed by atoms with Crippen molar-refractivity contribution in [2.24, 2.45) is 5.92 Å². The Kier molecular flexibility index (Phi) is 6.01. The van der Waals surface area contributed by atoms with Gasteiger partial charge in [-0.15, -0.1) is 0 Å². The summed E-state index contributed by atoms with van der Waals surface area (Å²) in [4.78, 5) is 0.151. The molecule has 1 aromatic rings. The maximum absolute atomic E-state index is 12.5. The summed E-state index contributed by atoms with van der Waals surface area (Å²) in [6.07, 6.45) is 0.790. The molecule has 0 aliphatic carbocycles. The maximum atomic E-state index is 12.5. The van der Waals surface area contributed by atoms with Crippen LogP contribution in [0.3, 0.4) is 0 Å². The lowest BCUT2D eigenvalue weighted by atomic mass is 10.1. The van der Waals surface area contributed by atoms with Crippen LogP contribution in [0.1, 0.15) is 32.8 Å². The van der Waals surface area contributed by atoms with Gasteiger partial charge in [-0.1, -0.05) is 31.5 Å². The molecule has 0 aliphatic rings. The number of hydrogen-bond donors (Lipinski definition) is 1. The monoisotopic (exact) mass is 319 g/mol. The molecular weight excluding hydrogens is 298 g/mol. The largest absolute Gasteiger partial charge is 0.392 e. The molecule has 0 fully saturated rings. The summed E-state index contributed by atoms with van der Waals surface area (Å²) >= 11 is 5.96. The molecule has 0 amide bonds. The number of hydrogen-bond acceptors (Lipinski definition) is 3. The first-order valence-corrected chi connectivity index (χ1v) is 8.39. The van der Waals surface area contributed by atoms with Gasteiger partial charge in [-0.05, 0) is 37.0 Å². The quantitative estimate of drug-likeness (QED) is 0.877. The molecule has 1 unspecified atom stereocenters. The fourth-order valence-corrected chi connectivity index (χ4v) is 3.75. The molecule has 0 aromatic heterocycles. The van der Waals surface area contributed by atoms with E-state index in [9.17, 15) is 8.42 Å². The van der Waals surface area contributed by atoms with E-state index in [1.807, 2.05) is 6.92 Å². The molecule has 1 atom stereocenters. The smallest absolute Gasteiger partial charge is 0.243 e. The Hall–Kier alpha value is -0.620. The Morgan fingerprint density at radius 2 is 1.90 bits per heavy atom. The summed E-state index contributed by atoms with van der Waals surface area (Å²) in [6, 6.07) is 4.32. The lowest BCUT2D eigenvalue weighted by Crippen LogP contribution is -2.35. The van der Waals surface area contributed by atoms with Gasteiger partial charge in [-0.25, -0.2) is 8.42 Å². The second kappa shape index (κ2) is 6.89. The van der Waals surface area contributed by atoms with Crippen LogP contribution in [-0.4, -0.2) is 30.9 Å². The van der Waals surface area contributed by atoms with Gasteiger partial charge < -0.3 is 5.11 Å². The molecular formula is C14H22ClNO3S. The summed E-state index contributed by atoms with van der Waals surface area (Å²) in [6.45, 7) is 5.80. The third-order valence-corrected chi connectivity index (χ3v) is 5.62. The van der Waals surface area contributed by atoms with Gasteiger partial charge in [0.25, 0.3) is 0 Å². The summed E-state index contributed by atoms with van der Waals surface area (Å²) in [5, 5.41) is 9.33. The molecule has 6 heteroatoms. The van der Waals surface area contributed by atoms with Crippen LogP contribution in [0.25, 0.3) is 0 Å². The summed E-state index contributed by atoms with van der Waals surface area (Å²) < 4.78 is 26.4. The molecule has 0 bridgehead atoms. The fourth-order valence-electron chi connectivity index (χ4n) is 2.05. The van der Waals surface area contributed by atoms with E-state index in [2.05, 4.69) is 13.8 Å². The normalized spacial score (nSPS) is 14.0. The predicted octanol–water partition coefficient (Wildman–Crippen LogP) is 2.89. The molecule has 0 aliphatic heterocycles. The van der Waals surface area contributed by atoms with Crippen molar-refractivity contribution in [2.75, 3.05) is 7.05 Å². The standard InChI is InChI=1S/C14H22ClNO3S/c1-10(2)7-11(3)16(4)20(18,19)13-6-5-12(9-17)14(15)8-13/h5-6,8,10-11,17H,7,9H2,1-4H3. The minimum Gasteiger partial charge on any atom is -0.392 e. The van der Waals surface area contributed by atoms with Gasteiger partial charge in [0.1, 0.15) is 0 Å². The van der Waals surface area contributed by atoms with Crippen LogP contribution in [-0.2, 0) is 16.6 Å². The first kappa shape index (κ1) is 17.4. The van der Waals surface area contributed by atoms with E-state index in [1.54, 1.807) is 7.05 Å². The molecule has 0 heterocycles. The van der Waals surface area contributed by atoms with Crippen LogP contribution in [0.2, 0.25) is 5.02 Å². The van der Waals surface area contributed by atoms with Crippen molar-refractivity contribution in [1.82, 2.24) is 4.31 Å². The average Bonchev–Trinajstić information content (AvgIpc) is 2.36. The minimum absolute atomic E-state index is 0.0868. The highest BCUT2D eigenvalue weighted by Crippen LogP contribution is 2.25. The van der Waals surface area contributed by atoms with Crippen LogP contribution in [0.5, 0.6) is 0 Å². The minimum atomic E-state index is -3.56. The highest BCUT2D eigenvalue weighted by Gasteiger charge is 2.26. The third-order valence-electron chi connectivity index (χ3n) is 3.31. The first-order chi connectivity index (χ1) is 9.20. The second-order valence-electron chi connectivity index (χ2n) is 5.41. The van der Waals surface area contributed by atoms with Crippen molar-refractivity contribution < 1.29 is 13.5 Å². The van der Waals surface area contributed by atoms with Crippen LogP contribution >= 0.6 is 11.6 Å².